The van der Waals surface area contributed by atoms with Crippen molar-refractivity contribution in [2.24, 2.45) is 0 Å². The molecule has 0 aliphatic heterocycles. The highest BCUT2D eigenvalue weighted by molar-refractivity contribution is 5.70. The molecule has 2 aromatic carbocycles. The number of unbranched alkanes of at least 4 members (excludes halogenated alkanes) is 1. The van der Waals surface area contributed by atoms with Crippen LogP contribution in [-0.4, -0.2) is 19.3 Å². The van der Waals surface area contributed by atoms with E-state index < -0.39 is 0 Å². The summed E-state index contributed by atoms with van der Waals surface area (Å²) >= 11 is 0. The highest BCUT2D eigenvalue weighted by Gasteiger charge is 2.06. The molecule has 118 valence electrons. The van der Waals surface area contributed by atoms with Crippen LogP contribution in [-0.2, 0) is 4.74 Å². The summed E-state index contributed by atoms with van der Waals surface area (Å²) in [5.74, 6) is 0.915. The van der Waals surface area contributed by atoms with Crippen molar-refractivity contribution in [2.45, 2.75) is 39.2 Å². The average Bonchev–Trinajstić information content (AvgIpc) is 2.58. The third kappa shape index (κ3) is 5.19. The lowest BCUT2D eigenvalue weighted by Crippen LogP contribution is -2.14. The first kappa shape index (κ1) is 16.6. The predicted octanol–water partition coefficient (Wildman–Crippen LogP) is 5.33. The molecule has 0 N–H and O–H groups in total. The van der Waals surface area contributed by atoms with Crippen LogP contribution in [0.2, 0.25) is 0 Å². The molecule has 0 radical (unpaired) electrons. The summed E-state index contributed by atoms with van der Waals surface area (Å²) in [5.41, 5.74) is 2.30. The first-order chi connectivity index (χ1) is 10.8. The second-order valence-corrected chi connectivity index (χ2v) is 5.53. The van der Waals surface area contributed by atoms with E-state index in [2.05, 4.69) is 32.0 Å². The Kier molecular flexibility index (Phi) is 6.98. The molecule has 0 heterocycles. The van der Waals surface area contributed by atoms with Crippen LogP contribution in [0, 0.1) is 0 Å². The SMILES string of the molecule is CCCCC(C)OCCOc1ccccc1-c1ccccc1. The van der Waals surface area contributed by atoms with Gasteiger partial charge in [-0.1, -0.05) is 68.3 Å². The molecule has 0 fully saturated rings. The van der Waals surface area contributed by atoms with Crippen LogP contribution in [0.4, 0.5) is 0 Å². The van der Waals surface area contributed by atoms with Crippen molar-refractivity contribution in [3.05, 3.63) is 54.6 Å². The zero-order chi connectivity index (χ0) is 15.6. The molecule has 0 aliphatic rings. The maximum Gasteiger partial charge on any atom is 0.127 e. The topological polar surface area (TPSA) is 18.5 Å². The van der Waals surface area contributed by atoms with Crippen molar-refractivity contribution in [3.8, 4) is 16.9 Å². The summed E-state index contributed by atoms with van der Waals surface area (Å²) in [5, 5.41) is 0. The number of ether oxygens (including phenoxy) is 2. The van der Waals surface area contributed by atoms with Crippen LogP contribution < -0.4 is 4.74 Å². The highest BCUT2D eigenvalue weighted by atomic mass is 16.5. The monoisotopic (exact) mass is 298 g/mol. The van der Waals surface area contributed by atoms with Gasteiger partial charge in [0.05, 0.1) is 12.7 Å². The summed E-state index contributed by atoms with van der Waals surface area (Å²) in [6, 6.07) is 18.5. The minimum Gasteiger partial charge on any atom is -0.491 e. The molecular weight excluding hydrogens is 272 g/mol. The fourth-order valence-electron chi connectivity index (χ4n) is 2.42. The van der Waals surface area contributed by atoms with Gasteiger partial charge < -0.3 is 9.47 Å². The van der Waals surface area contributed by atoms with Crippen LogP contribution in [0.3, 0.4) is 0 Å². The van der Waals surface area contributed by atoms with E-state index in [1.807, 2.05) is 36.4 Å². The van der Waals surface area contributed by atoms with E-state index in [0.717, 1.165) is 17.7 Å². The van der Waals surface area contributed by atoms with Crippen molar-refractivity contribution < 1.29 is 9.47 Å². The number of benzene rings is 2. The molecule has 22 heavy (non-hydrogen) atoms. The molecule has 0 amide bonds. The molecule has 2 nitrogen and oxygen atoms in total. The Morgan fingerprint density at radius 1 is 0.909 bits per heavy atom. The smallest absolute Gasteiger partial charge is 0.127 e. The van der Waals surface area contributed by atoms with Crippen molar-refractivity contribution in [1.82, 2.24) is 0 Å². The molecular formula is C20H26O2. The fraction of sp³-hybridized carbons (Fsp3) is 0.400. The highest BCUT2D eigenvalue weighted by Crippen LogP contribution is 2.29. The minimum atomic E-state index is 0.313. The molecule has 0 aromatic heterocycles. The Morgan fingerprint density at radius 2 is 1.64 bits per heavy atom. The summed E-state index contributed by atoms with van der Waals surface area (Å²) in [6.45, 7) is 5.55. The molecule has 0 saturated heterocycles. The van der Waals surface area contributed by atoms with Crippen LogP contribution in [0.25, 0.3) is 11.1 Å². The molecule has 0 saturated carbocycles. The van der Waals surface area contributed by atoms with Gasteiger partial charge in [0.15, 0.2) is 0 Å². The summed E-state index contributed by atoms with van der Waals surface area (Å²) in [6.07, 6.45) is 3.87. The van der Waals surface area contributed by atoms with E-state index in [9.17, 15) is 0 Å². The lowest BCUT2D eigenvalue weighted by molar-refractivity contribution is 0.0388. The van der Waals surface area contributed by atoms with Gasteiger partial charge in [0.2, 0.25) is 0 Å². The molecule has 1 unspecified atom stereocenters. The zero-order valence-electron chi connectivity index (χ0n) is 13.6. The number of para-hydroxylation sites is 1. The Labute approximate surface area is 134 Å². The maximum absolute atomic E-state index is 5.92. The lowest BCUT2D eigenvalue weighted by atomic mass is 10.1. The predicted molar refractivity (Wildman–Crippen MR) is 92.3 cm³/mol. The van der Waals surface area contributed by atoms with Crippen molar-refractivity contribution in [2.75, 3.05) is 13.2 Å². The van der Waals surface area contributed by atoms with E-state index >= 15 is 0 Å². The van der Waals surface area contributed by atoms with Gasteiger partial charge in [0.1, 0.15) is 12.4 Å². The fourth-order valence-corrected chi connectivity index (χ4v) is 2.42. The van der Waals surface area contributed by atoms with Crippen LogP contribution in [0.5, 0.6) is 5.75 Å². The van der Waals surface area contributed by atoms with Gasteiger partial charge in [-0.05, 0) is 25.0 Å². The Balaban J connectivity index is 1.86. The van der Waals surface area contributed by atoms with Crippen LogP contribution >= 0.6 is 0 Å². The van der Waals surface area contributed by atoms with Gasteiger partial charge in [0.25, 0.3) is 0 Å². The maximum atomic E-state index is 5.92. The van der Waals surface area contributed by atoms with Gasteiger partial charge in [-0.2, -0.15) is 0 Å². The van der Waals surface area contributed by atoms with E-state index in [1.165, 1.54) is 18.4 Å². The second-order valence-electron chi connectivity index (χ2n) is 5.53. The number of hydrogen-bond donors (Lipinski definition) is 0. The van der Waals surface area contributed by atoms with E-state index in [0.29, 0.717) is 19.3 Å². The largest absolute Gasteiger partial charge is 0.491 e. The van der Waals surface area contributed by atoms with Gasteiger partial charge in [-0.15, -0.1) is 0 Å². The first-order valence-electron chi connectivity index (χ1n) is 8.20. The van der Waals surface area contributed by atoms with Crippen molar-refractivity contribution in [3.63, 3.8) is 0 Å². The molecule has 2 heteroatoms. The van der Waals surface area contributed by atoms with Crippen LogP contribution in [0.1, 0.15) is 33.1 Å². The lowest BCUT2D eigenvalue weighted by Gasteiger charge is -2.14. The molecule has 0 aliphatic carbocycles. The minimum absolute atomic E-state index is 0.313. The van der Waals surface area contributed by atoms with Crippen LogP contribution in [0.15, 0.2) is 54.6 Å². The second kappa shape index (κ2) is 9.26. The summed E-state index contributed by atoms with van der Waals surface area (Å²) < 4.78 is 11.7. The number of hydrogen-bond acceptors (Lipinski definition) is 2. The normalized spacial score (nSPS) is 12.1. The molecule has 1 atom stereocenters. The quantitative estimate of drug-likeness (QED) is 0.583. The molecule has 0 bridgehead atoms. The van der Waals surface area contributed by atoms with Gasteiger partial charge in [-0.25, -0.2) is 0 Å². The third-order valence-corrected chi connectivity index (χ3v) is 3.68. The van der Waals surface area contributed by atoms with Gasteiger partial charge >= 0.3 is 0 Å². The third-order valence-electron chi connectivity index (χ3n) is 3.68. The molecule has 2 aromatic rings. The standard InChI is InChI=1S/C20H26O2/c1-3-4-10-17(2)21-15-16-22-20-14-9-8-13-19(20)18-11-6-5-7-12-18/h5-9,11-14,17H,3-4,10,15-16H2,1-2H3. The zero-order valence-corrected chi connectivity index (χ0v) is 13.6. The van der Waals surface area contributed by atoms with E-state index in [-0.39, 0.29) is 0 Å². The molecule has 0 spiro atoms. The van der Waals surface area contributed by atoms with Gasteiger partial charge in [0, 0.05) is 5.56 Å². The Hall–Kier alpha value is -1.80. The van der Waals surface area contributed by atoms with Gasteiger partial charge in [-0.3, -0.25) is 0 Å². The van der Waals surface area contributed by atoms with Crippen molar-refractivity contribution in [1.29, 1.82) is 0 Å². The molecule has 2 rings (SSSR count). The summed E-state index contributed by atoms with van der Waals surface area (Å²) in [7, 11) is 0. The first-order valence-corrected chi connectivity index (χ1v) is 8.20. The average molecular weight is 298 g/mol. The van der Waals surface area contributed by atoms with E-state index in [4.69, 9.17) is 9.47 Å². The number of rotatable bonds is 9. The van der Waals surface area contributed by atoms with Crippen molar-refractivity contribution >= 4 is 0 Å². The Bertz CT molecular complexity index is 536. The van der Waals surface area contributed by atoms with E-state index in [1.54, 1.807) is 0 Å². The Morgan fingerprint density at radius 3 is 2.41 bits per heavy atom. The summed E-state index contributed by atoms with van der Waals surface area (Å²) in [4.78, 5) is 0.